The second-order valence-corrected chi connectivity index (χ2v) is 9.02. The average molecular weight is 507 g/mol. The third-order valence-electron chi connectivity index (χ3n) is 5.90. The van der Waals surface area contributed by atoms with Crippen molar-refractivity contribution in [3.8, 4) is 0 Å². The SMILES string of the molecule is CN(C[C@@H]1CN(c2ccc(N3CCN(C(=O)c4cccc(Cl)c4)CC3)c(F)c2)C(=O)O1)C(=O)S. The summed E-state index contributed by atoms with van der Waals surface area (Å²) in [4.78, 5) is 42.6. The number of hydrogen-bond acceptors (Lipinski definition) is 5. The molecule has 0 bridgehead atoms. The van der Waals surface area contributed by atoms with Crippen LogP contribution < -0.4 is 9.80 Å². The predicted octanol–water partition coefficient (Wildman–Crippen LogP) is 3.75. The van der Waals surface area contributed by atoms with E-state index in [1.54, 1.807) is 48.3 Å². The number of anilines is 2. The normalized spacial score (nSPS) is 18.2. The fourth-order valence-corrected chi connectivity index (χ4v) is 4.36. The Bertz CT molecular complexity index is 1110. The molecular weight excluding hydrogens is 483 g/mol. The minimum atomic E-state index is -0.592. The summed E-state index contributed by atoms with van der Waals surface area (Å²) in [5, 5.41) is 0.0707. The van der Waals surface area contributed by atoms with E-state index in [9.17, 15) is 14.4 Å². The third kappa shape index (κ3) is 5.23. The predicted molar refractivity (Wildman–Crippen MR) is 131 cm³/mol. The van der Waals surface area contributed by atoms with Gasteiger partial charge in [0.2, 0.25) is 0 Å². The van der Waals surface area contributed by atoms with Crippen LogP contribution in [0.15, 0.2) is 42.5 Å². The number of likely N-dealkylation sites (N-methyl/N-ethyl adjacent to an activating group) is 1. The molecule has 2 aromatic carbocycles. The molecule has 2 aliphatic heterocycles. The molecule has 0 N–H and O–H groups in total. The van der Waals surface area contributed by atoms with E-state index in [0.717, 1.165) is 0 Å². The Morgan fingerprint density at radius 1 is 1.18 bits per heavy atom. The summed E-state index contributed by atoms with van der Waals surface area (Å²) in [6, 6.07) is 11.4. The quantitative estimate of drug-likeness (QED) is 0.625. The van der Waals surface area contributed by atoms with E-state index in [2.05, 4.69) is 12.6 Å². The number of carbonyl (C=O) groups is 3. The second-order valence-electron chi connectivity index (χ2n) is 8.20. The highest BCUT2D eigenvalue weighted by Crippen LogP contribution is 2.29. The van der Waals surface area contributed by atoms with Crippen molar-refractivity contribution in [3.05, 3.63) is 58.9 Å². The van der Waals surface area contributed by atoms with Crippen molar-refractivity contribution in [1.82, 2.24) is 9.80 Å². The Morgan fingerprint density at radius 2 is 1.91 bits per heavy atom. The van der Waals surface area contributed by atoms with E-state index >= 15 is 4.39 Å². The van der Waals surface area contributed by atoms with E-state index in [1.165, 1.54) is 15.9 Å². The number of carbonyl (C=O) groups excluding carboxylic acids is 3. The van der Waals surface area contributed by atoms with Gasteiger partial charge in [0.05, 0.1) is 24.5 Å². The van der Waals surface area contributed by atoms with E-state index in [4.69, 9.17) is 16.3 Å². The van der Waals surface area contributed by atoms with E-state index in [0.29, 0.717) is 48.1 Å². The van der Waals surface area contributed by atoms with Crippen LogP contribution in [-0.4, -0.2) is 79.5 Å². The molecule has 2 aromatic rings. The number of halogens is 2. The lowest BCUT2D eigenvalue weighted by molar-refractivity contribution is 0.0746. The first kappa shape index (κ1) is 24.2. The summed E-state index contributed by atoms with van der Waals surface area (Å²) in [5.74, 6) is -0.573. The minimum Gasteiger partial charge on any atom is -0.442 e. The van der Waals surface area contributed by atoms with Gasteiger partial charge in [-0.05, 0) is 36.4 Å². The summed E-state index contributed by atoms with van der Waals surface area (Å²) in [6.07, 6.45) is -1.12. The summed E-state index contributed by atoms with van der Waals surface area (Å²) >= 11 is 9.73. The molecule has 2 fully saturated rings. The van der Waals surface area contributed by atoms with Crippen LogP contribution >= 0.6 is 24.2 Å². The van der Waals surface area contributed by atoms with E-state index in [-0.39, 0.29) is 19.0 Å². The number of rotatable bonds is 5. The van der Waals surface area contributed by atoms with Gasteiger partial charge in [0.25, 0.3) is 11.1 Å². The number of piperazine rings is 1. The summed E-state index contributed by atoms with van der Waals surface area (Å²) in [6.45, 7) is 2.24. The number of cyclic esters (lactones) is 1. The van der Waals surface area contributed by atoms with Gasteiger partial charge in [0, 0.05) is 43.8 Å². The molecule has 0 spiro atoms. The standard InChI is InChI=1S/C23H24ClFN4O4S/c1-26(23(32)34)13-18-14-29(22(31)33-18)17-5-6-20(19(25)12-17)27-7-9-28(10-8-27)21(30)15-3-2-4-16(24)11-15/h2-6,11-12,18H,7-10,13-14H2,1H3,(H,32,34)/t18-/m1/s1. The Labute approximate surface area is 207 Å². The highest BCUT2D eigenvalue weighted by atomic mass is 35.5. The lowest BCUT2D eigenvalue weighted by Gasteiger charge is -2.36. The molecule has 0 aromatic heterocycles. The highest BCUT2D eigenvalue weighted by Gasteiger charge is 2.34. The molecule has 2 saturated heterocycles. The maximum atomic E-state index is 15.0. The van der Waals surface area contributed by atoms with Crippen LogP contribution in [-0.2, 0) is 4.74 Å². The first-order valence-electron chi connectivity index (χ1n) is 10.7. The van der Waals surface area contributed by atoms with Gasteiger partial charge in [-0.2, -0.15) is 0 Å². The van der Waals surface area contributed by atoms with Crippen LogP contribution in [0.3, 0.4) is 0 Å². The Morgan fingerprint density at radius 3 is 2.56 bits per heavy atom. The fourth-order valence-electron chi connectivity index (χ4n) is 4.09. The topological polar surface area (TPSA) is 73.4 Å². The van der Waals surface area contributed by atoms with Crippen LogP contribution in [0.2, 0.25) is 5.02 Å². The van der Waals surface area contributed by atoms with Crippen molar-refractivity contribution >= 4 is 52.8 Å². The minimum absolute atomic E-state index is 0.106. The van der Waals surface area contributed by atoms with Gasteiger partial charge in [-0.15, -0.1) is 0 Å². The maximum Gasteiger partial charge on any atom is 0.414 e. The zero-order chi connectivity index (χ0) is 24.4. The molecular formula is C23H24ClFN4O4S. The molecule has 2 heterocycles. The summed E-state index contributed by atoms with van der Waals surface area (Å²) < 4.78 is 20.3. The van der Waals surface area contributed by atoms with Gasteiger partial charge >= 0.3 is 6.09 Å². The molecule has 4 rings (SSSR count). The average Bonchev–Trinajstić information content (AvgIpc) is 3.18. The molecule has 3 amide bonds. The molecule has 34 heavy (non-hydrogen) atoms. The number of amides is 3. The van der Waals surface area contributed by atoms with Gasteiger partial charge in [0.15, 0.2) is 0 Å². The van der Waals surface area contributed by atoms with Crippen LogP contribution in [0.25, 0.3) is 0 Å². The van der Waals surface area contributed by atoms with Gasteiger partial charge in [-0.1, -0.05) is 30.3 Å². The first-order chi connectivity index (χ1) is 16.2. The number of benzene rings is 2. The van der Waals surface area contributed by atoms with Crippen molar-refractivity contribution in [2.75, 3.05) is 56.1 Å². The first-order valence-corrected chi connectivity index (χ1v) is 11.6. The van der Waals surface area contributed by atoms with Crippen molar-refractivity contribution in [1.29, 1.82) is 0 Å². The van der Waals surface area contributed by atoms with Gasteiger partial charge in [-0.25, -0.2) is 9.18 Å². The molecule has 0 aliphatic carbocycles. The smallest absolute Gasteiger partial charge is 0.414 e. The Balaban J connectivity index is 1.38. The molecule has 1 atom stereocenters. The van der Waals surface area contributed by atoms with Crippen molar-refractivity contribution in [2.45, 2.75) is 6.10 Å². The van der Waals surface area contributed by atoms with Crippen LogP contribution in [0.4, 0.5) is 25.4 Å². The summed E-state index contributed by atoms with van der Waals surface area (Å²) in [7, 11) is 1.56. The molecule has 0 saturated carbocycles. The Hall–Kier alpha value is -2.98. The highest BCUT2D eigenvalue weighted by molar-refractivity contribution is 7.96. The lowest BCUT2D eigenvalue weighted by atomic mass is 10.1. The lowest BCUT2D eigenvalue weighted by Crippen LogP contribution is -2.49. The molecule has 8 nitrogen and oxygen atoms in total. The van der Waals surface area contributed by atoms with E-state index in [1.807, 2.05) is 4.90 Å². The number of hydrogen-bond donors (Lipinski definition) is 1. The Kier molecular flexibility index (Phi) is 7.18. The molecule has 180 valence electrons. The molecule has 2 aliphatic rings. The second kappa shape index (κ2) is 10.1. The largest absolute Gasteiger partial charge is 0.442 e. The van der Waals surface area contributed by atoms with Gasteiger partial charge in [-0.3, -0.25) is 14.5 Å². The number of ether oxygens (including phenoxy) is 1. The van der Waals surface area contributed by atoms with Crippen molar-refractivity contribution in [3.63, 3.8) is 0 Å². The molecule has 0 radical (unpaired) electrons. The van der Waals surface area contributed by atoms with Crippen LogP contribution in [0.1, 0.15) is 10.4 Å². The van der Waals surface area contributed by atoms with Crippen molar-refractivity contribution in [2.24, 2.45) is 0 Å². The van der Waals surface area contributed by atoms with E-state index < -0.39 is 23.3 Å². The number of nitrogens with zero attached hydrogens (tertiary/aromatic N) is 4. The number of thiol groups is 1. The molecule has 0 unspecified atom stereocenters. The molecule has 11 heteroatoms. The van der Waals surface area contributed by atoms with Crippen molar-refractivity contribution < 1.29 is 23.5 Å². The summed E-state index contributed by atoms with van der Waals surface area (Å²) in [5.41, 5.74) is 1.31. The maximum absolute atomic E-state index is 15.0. The van der Waals surface area contributed by atoms with Gasteiger partial charge < -0.3 is 19.4 Å². The monoisotopic (exact) mass is 506 g/mol. The zero-order valence-corrected chi connectivity index (χ0v) is 20.1. The third-order valence-corrected chi connectivity index (χ3v) is 6.48. The zero-order valence-electron chi connectivity index (χ0n) is 18.5. The van der Waals surface area contributed by atoms with Gasteiger partial charge in [0.1, 0.15) is 11.9 Å². The fraction of sp³-hybridized carbons (Fsp3) is 0.348. The van der Waals surface area contributed by atoms with Crippen LogP contribution in [0.5, 0.6) is 0 Å². The van der Waals surface area contributed by atoms with Crippen LogP contribution in [0, 0.1) is 5.82 Å².